The van der Waals surface area contributed by atoms with Crippen LogP contribution in [0.25, 0.3) is 10.9 Å². The van der Waals surface area contributed by atoms with Crippen molar-refractivity contribution in [3.63, 3.8) is 0 Å². The van der Waals surface area contributed by atoms with Gasteiger partial charge < -0.3 is 14.5 Å². The summed E-state index contributed by atoms with van der Waals surface area (Å²) < 4.78 is 10.8. The zero-order valence-electron chi connectivity index (χ0n) is 15.6. The van der Waals surface area contributed by atoms with Crippen molar-refractivity contribution >= 4 is 29.3 Å². The summed E-state index contributed by atoms with van der Waals surface area (Å²) in [7, 11) is 1.45. The summed E-state index contributed by atoms with van der Waals surface area (Å²) in [5.74, 6) is 0.258. The van der Waals surface area contributed by atoms with Gasteiger partial charge in [0, 0.05) is 41.5 Å². The van der Waals surface area contributed by atoms with Gasteiger partial charge in [-0.25, -0.2) is 4.79 Å². The normalized spacial score (nSPS) is 29.5. The molecule has 1 fully saturated rings. The number of para-hydroxylation sites is 1. The highest BCUT2D eigenvalue weighted by atomic mass is 35.5. The number of ether oxygens (including phenoxy) is 2. The fraction of sp³-hybridized carbons (Fsp3) is 0.476. The van der Waals surface area contributed by atoms with Crippen molar-refractivity contribution in [1.82, 2.24) is 9.88 Å². The third kappa shape index (κ3) is 2.75. The number of rotatable bonds is 1. The molecule has 4 atom stereocenters. The molecule has 144 valence electrons. The number of carbonyl (C=O) groups excluding carboxylic acids is 1. The largest absolute Gasteiger partial charge is 0.497 e. The summed E-state index contributed by atoms with van der Waals surface area (Å²) in [4.78, 5) is 18.5. The number of benzene rings is 1. The highest BCUT2D eigenvalue weighted by molar-refractivity contribution is 5.89. The number of aromatic nitrogens is 1. The topological polar surface area (TPSA) is 54.6 Å². The SMILES string of the molecule is COC(=O)C1=COC(C)C2CN3CCc4c([nH]c5ccccc45)C3CC12.Cl. The molecule has 1 aromatic carbocycles. The van der Waals surface area contributed by atoms with Crippen LogP contribution in [-0.4, -0.2) is 42.2 Å². The summed E-state index contributed by atoms with van der Waals surface area (Å²) >= 11 is 0. The Morgan fingerprint density at radius 2 is 2.15 bits per heavy atom. The van der Waals surface area contributed by atoms with E-state index in [0.717, 1.165) is 25.9 Å². The Hall–Kier alpha value is -1.98. The first-order valence-electron chi connectivity index (χ1n) is 9.44. The molecule has 5 rings (SSSR count). The second-order valence-corrected chi connectivity index (χ2v) is 7.74. The number of nitrogens with one attached hydrogen (secondary N) is 1. The number of carbonyl (C=O) groups is 1. The number of fused-ring (bicyclic) bond motifs is 6. The van der Waals surface area contributed by atoms with E-state index in [0.29, 0.717) is 17.5 Å². The maximum Gasteiger partial charge on any atom is 0.337 e. The maximum atomic E-state index is 12.3. The van der Waals surface area contributed by atoms with E-state index < -0.39 is 0 Å². The Bertz CT molecular complexity index is 906. The van der Waals surface area contributed by atoms with E-state index in [1.54, 1.807) is 6.26 Å². The summed E-state index contributed by atoms with van der Waals surface area (Å²) in [5, 5.41) is 1.34. The predicted octanol–water partition coefficient (Wildman–Crippen LogP) is 3.60. The Kier molecular flexibility index (Phi) is 4.68. The maximum absolute atomic E-state index is 12.3. The van der Waals surface area contributed by atoms with E-state index in [9.17, 15) is 4.79 Å². The van der Waals surface area contributed by atoms with E-state index in [1.165, 1.54) is 29.3 Å². The summed E-state index contributed by atoms with van der Waals surface area (Å²) in [5.41, 5.74) is 4.69. The minimum Gasteiger partial charge on any atom is -0.497 e. The van der Waals surface area contributed by atoms with E-state index in [-0.39, 0.29) is 30.4 Å². The van der Waals surface area contributed by atoms with Crippen molar-refractivity contribution in [1.29, 1.82) is 0 Å². The van der Waals surface area contributed by atoms with Crippen LogP contribution < -0.4 is 0 Å². The molecule has 4 heterocycles. The molecule has 1 saturated heterocycles. The molecule has 0 aliphatic carbocycles. The van der Waals surface area contributed by atoms with E-state index in [2.05, 4.69) is 41.1 Å². The van der Waals surface area contributed by atoms with E-state index in [4.69, 9.17) is 9.47 Å². The summed E-state index contributed by atoms with van der Waals surface area (Å²) in [6.07, 6.45) is 3.77. The molecule has 0 amide bonds. The number of H-pyrrole nitrogens is 1. The third-order valence-electron chi connectivity index (χ3n) is 6.54. The molecule has 5 nitrogen and oxygen atoms in total. The molecule has 0 saturated carbocycles. The fourth-order valence-corrected chi connectivity index (χ4v) is 5.19. The number of methoxy groups -OCH3 is 1. The van der Waals surface area contributed by atoms with Crippen LogP contribution in [0, 0.1) is 11.8 Å². The van der Waals surface area contributed by atoms with Crippen molar-refractivity contribution in [3.05, 3.63) is 47.4 Å². The van der Waals surface area contributed by atoms with Crippen LogP contribution in [-0.2, 0) is 20.7 Å². The highest BCUT2D eigenvalue weighted by Gasteiger charge is 2.46. The molecule has 0 bridgehead atoms. The average molecular weight is 389 g/mol. The number of nitrogens with zero attached hydrogens (tertiary/aromatic N) is 1. The second kappa shape index (κ2) is 6.88. The van der Waals surface area contributed by atoms with Gasteiger partial charge in [-0.1, -0.05) is 18.2 Å². The first-order chi connectivity index (χ1) is 12.7. The monoisotopic (exact) mass is 388 g/mol. The molecular weight excluding hydrogens is 364 g/mol. The van der Waals surface area contributed by atoms with Gasteiger partial charge in [0.1, 0.15) is 0 Å². The van der Waals surface area contributed by atoms with Crippen LogP contribution in [0.4, 0.5) is 0 Å². The fourth-order valence-electron chi connectivity index (χ4n) is 5.19. The highest BCUT2D eigenvalue weighted by Crippen LogP contribution is 2.47. The molecule has 3 aliphatic rings. The van der Waals surface area contributed by atoms with Crippen LogP contribution >= 0.6 is 12.4 Å². The second-order valence-electron chi connectivity index (χ2n) is 7.74. The molecule has 6 heteroatoms. The minimum atomic E-state index is -0.256. The smallest absolute Gasteiger partial charge is 0.337 e. The lowest BCUT2D eigenvalue weighted by Gasteiger charge is -2.49. The predicted molar refractivity (Wildman–Crippen MR) is 106 cm³/mol. The lowest BCUT2D eigenvalue weighted by atomic mass is 9.72. The summed E-state index contributed by atoms with van der Waals surface area (Å²) in [6.45, 7) is 4.13. The third-order valence-corrected chi connectivity index (χ3v) is 6.54. The van der Waals surface area contributed by atoms with Crippen LogP contribution in [0.2, 0.25) is 0 Å². The van der Waals surface area contributed by atoms with Gasteiger partial charge in [-0.15, -0.1) is 12.4 Å². The van der Waals surface area contributed by atoms with Crippen molar-refractivity contribution in [2.75, 3.05) is 20.2 Å². The first kappa shape index (κ1) is 18.4. The molecule has 0 spiro atoms. The van der Waals surface area contributed by atoms with Crippen LogP contribution in [0.1, 0.15) is 30.6 Å². The molecule has 4 unspecified atom stereocenters. The van der Waals surface area contributed by atoms with Gasteiger partial charge in [-0.2, -0.15) is 0 Å². The molecular formula is C21H25ClN2O3. The number of hydrogen-bond donors (Lipinski definition) is 1. The lowest BCUT2D eigenvalue weighted by molar-refractivity contribution is -0.139. The lowest BCUT2D eigenvalue weighted by Crippen LogP contribution is -2.51. The van der Waals surface area contributed by atoms with Gasteiger partial charge in [-0.3, -0.25) is 4.90 Å². The number of esters is 1. The zero-order chi connectivity index (χ0) is 17.8. The van der Waals surface area contributed by atoms with Gasteiger partial charge in [0.15, 0.2) is 0 Å². The average Bonchev–Trinajstić information content (AvgIpc) is 3.06. The molecule has 1 N–H and O–H groups in total. The van der Waals surface area contributed by atoms with Crippen molar-refractivity contribution < 1.29 is 14.3 Å². The van der Waals surface area contributed by atoms with Gasteiger partial charge in [0.25, 0.3) is 0 Å². The number of piperidine rings is 1. The Morgan fingerprint density at radius 3 is 2.96 bits per heavy atom. The van der Waals surface area contributed by atoms with Gasteiger partial charge in [0.2, 0.25) is 0 Å². The Balaban J connectivity index is 0.00000180. The van der Waals surface area contributed by atoms with Crippen LogP contribution in [0.3, 0.4) is 0 Å². The van der Waals surface area contributed by atoms with Crippen LogP contribution in [0.5, 0.6) is 0 Å². The zero-order valence-corrected chi connectivity index (χ0v) is 16.4. The van der Waals surface area contributed by atoms with E-state index in [1.807, 2.05) is 0 Å². The van der Waals surface area contributed by atoms with Crippen molar-refractivity contribution in [2.24, 2.45) is 11.8 Å². The quantitative estimate of drug-likeness (QED) is 0.758. The number of halogens is 1. The molecule has 1 aromatic heterocycles. The van der Waals surface area contributed by atoms with Crippen LogP contribution in [0.15, 0.2) is 36.1 Å². The first-order valence-corrected chi connectivity index (χ1v) is 9.44. The minimum absolute atomic E-state index is 0. The molecule has 27 heavy (non-hydrogen) atoms. The van der Waals surface area contributed by atoms with Gasteiger partial charge in [-0.05, 0) is 31.4 Å². The van der Waals surface area contributed by atoms with Crippen molar-refractivity contribution in [2.45, 2.75) is 31.9 Å². The van der Waals surface area contributed by atoms with E-state index >= 15 is 0 Å². The summed E-state index contributed by atoms with van der Waals surface area (Å²) in [6, 6.07) is 8.88. The number of aromatic amines is 1. The van der Waals surface area contributed by atoms with Gasteiger partial charge in [0.05, 0.1) is 31.1 Å². The molecule has 0 radical (unpaired) electrons. The van der Waals surface area contributed by atoms with Crippen molar-refractivity contribution in [3.8, 4) is 0 Å². The molecule has 3 aliphatic heterocycles. The Morgan fingerprint density at radius 1 is 1.33 bits per heavy atom. The number of hydrogen-bond acceptors (Lipinski definition) is 4. The van der Waals surface area contributed by atoms with Gasteiger partial charge >= 0.3 is 5.97 Å². The Labute approximate surface area is 165 Å². The standard InChI is InChI=1S/C21H24N2O3.ClH/c1-12-16-10-23-8-7-14-13-5-3-4-6-18(13)22-20(14)19(23)9-15(16)17(11-26-12)21(24)25-2;/h3-6,11-12,15-16,19,22H,7-10H2,1-2H3;1H. The molecule has 2 aromatic rings.